The van der Waals surface area contributed by atoms with Crippen molar-refractivity contribution in [2.24, 2.45) is 0 Å². The number of hydrogen-bond acceptors (Lipinski definition) is 4. The molecule has 5 heteroatoms. The average Bonchev–Trinajstić information content (AvgIpc) is 2.83. The summed E-state index contributed by atoms with van der Waals surface area (Å²) in [5.74, 6) is 2.80. The maximum Gasteiger partial charge on any atom is 0.167 e. The van der Waals surface area contributed by atoms with Crippen LogP contribution in [0.5, 0.6) is 0 Å². The minimum absolute atomic E-state index is 0.796. The fourth-order valence-electron chi connectivity index (χ4n) is 1.91. The first kappa shape index (κ1) is 8.67. The van der Waals surface area contributed by atoms with Crippen LogP contribution in [0.2, 0.25) is 0 Å². The van der Waals surface area contributed by atoms with Crippen molar-refractivity contribution in [3.05, 3.63) is 23.9 Å². The second kappa shape index (κ2) is 3.20. The van der Waals surface area contributed by atoms with Crippen molar-refractivity contribution in [2.75, 3.05) is 6.54 Å². The third-order valence-corrected chi connectivity index (χ3v) is 2.72. The van der Waals surface area contributed by atoms with Crippen LogP contribution in [-0.4, -0.2) is 21.3 Å². The number of aryl methyl sites for hydroxylation is 1. The van der Waals surface area contributed by atoms with Gasteiger partial charge in [-0.15, -0.1) is 10.2 Å². The van der Waals surface area contributed by atoms with E-state index in [1.165, 1.54) is 0 Å². The van der Waals surface area contributed by atoms with Crippen molar-refractivity contribution in [3.63, 3.8) is 0 Å². The molecule has 0 amide bonds. The van der Waals surface area contributed by atoms with Crippen LogP contribution in [0.1, 0.15) is 11.6 Å². The van der Waals surface area contributed by atoms with Gasteiger partial charge >= 0.3 is 0 Å². The molecule has 0 bridgehead atoms. The summed E-state index contributed by atoms with van der Waals surface area (Å²) in [4.78, 5) is 0. The number of fused-ring (bicyclic) bond motifs is 1. The normalized spacial score (nSPS) is 15.3. The summed E-state index contributed by atoms with van der Waals surface area (Å²) in [5, 5.41) is 11.6. The SMILES string of the molecule is Cc1occc1-c1nnc2n1CCNC2. The van der Waals surface area contributed by atoms with E-state index in [2.05, 4.69) is 20.1 Å². The molecule has 3 heterocycles. The summed E-state index contributed by atoms with van der Waals surface area (Å²) in [5.41, 5.74) is 1.04. The lowest BCUT2D eigenvalue weighted by Crippen LogP contribution is -2.28. The van der Waals surface area contributed by atoms with Gasteiger partial charge < -0.3 is 14.3 Å². The van der Waals surface area contributed by atoms with Gasteiger partial charge in [0.05, 0.1) is 18.4 Å². The smallest absolute Gasteiger partial charge is 0.167 e. The predicted octanol–water partition coefficient (Wildman–Crippen LogP) is 0.950. The first-order valence-electron chi connectivity index (χ1n) is 5.03. The fraction of sp³-hybridized carbons (Fsp3) is 0.400. The zero-order valence-electron chi connectivity index (χ0n) is 8.53. The predicted molar refractivity (Wildman–Crippen MR) is 54.2 cm³/mol. The van der Waals surface area contributed by atoms with Crippen molar-refractivity contribution in [1.29, 1.82) is 0 Å². The lowest BCUT2D eigenvalue weighted by molar-refractivity contribution is 0.507. The molecule has 0 aromatic carbocycles. The Balaban J connectivity index is 2.13. The van der Waals surface area contributed by atoms with Gasteiger partial charge in [-0.3, -0.25) is 0 Å². The van der Waals surface area contributed by atoms with Gasteiger partial charge in [0.2, 0.25) is 0 Å². The van der Waals surface area contributed by atoms with Crippen LogP contribution >= 0.6 is 0 Å². The molecule has 1 N–H and O–H groups in total. The van der Waals surface area contributed by atoms with E-state index < -0.39 is 0 Å². The highest BCUT2D eigenvalue weighted by atomic mass is 16.3. The highest BCUT2D eigenvalue weighted by Gasteiger charge is 2.18. The maximum absolute atomic E-state index is 5.28. The quantitative estimate of drug-likeness (QED) is 0.751. The summed E-state index contributed by atoms with van der Waals surface area (Å²) >= 11 is 0. The van der Waals surface area contributed by atoms with E-state index in [0.29, 0.717) is 0 Å². The second-order valence-electron chi connectivity index (χ2n) is 3.66. The van der Waals surface area contributed by atoms with E-state index >= 15 is 0 Å². The van der Waals surface area contributed by atoms with Crippen molar-refractivity contribution in [3.8, 4) is 11.4 Å². The molecule has 0 unspecified atom stereocenters. The van der Waals surface area contributed by atoms with Gasteiger partial charge in [-0.2, -0.15) is 0 Å². The van der Waals surface area contributed by atoms with E-state index in [1.54, 1.807) is 6.26 Å². The van der Waals surface area contributed by atoms with E-state index in [4.69, 9.17) is 4.42 Å². The molecule has 3 rings (SSSR count). The Morgan fingerprint density at radius 2 is 2.40 bits per heavy atom. The number of furan rings is 1. The molecule has 15 heavy (non-hydrogen) atoms. The summed E-state index contributed by atoms with van der Waals surface area (Å²) in [7, 11) is 0. The summed E-state index contributed by atoms with van der Waals surface area (Å²) in [6.45, 7) is 4.62. The number of hydrogen-bond donors (Lipinski definition) is 1. The van der Waals surface area contributed by atoms with Crippen LogP contribution in [0.4, 0.5) is 0 Å². The molecule has 0 atom stereocenters. The average molecular weight is 204 g/mol. The van der Waals surface area contributed by atoms with Crippen LogP contribution in [-0.2, 0) is 13.1 Å². The molecular weight excluding hydrogens is 192 g/mol. The number of nitrogens with one attached hydrogen (secondary N) is 1. The van der Waals surface area contributed by atoms with E-state index in [1.807, 2.05) is 13.0 Å². The van der Waals surface area contributed by atoms with E-state index in [0.717, 1.165) is 42.6 Å². The molecule has 0 aliphatic carbocycles. The molecular formula is C10H12N4O. The molecule has 2 aromatic heterocycles. The van der Waals surface area contributed by atoms with Gasteiger partial charge in [0, 0.05) is 13.1 Å². The zero-order chi connectivity index (χ0) is 10.3. The van der Waals surface area contributed by atoms with Crippen LogP contribution < -0.4 is 5.32 Å². The first-order chi connectivity index (χ1) is 7.36. The molecule has 2 aromatic rings. The topological polar surface area (TPSA) is 55.9 Å². The zero-order valence-corrected chi connectivity index (χ0v) is 8.53. The number of rotatable bonds is 1. The Morgan fingerprint density at radius 1 is 1.47 bits per heavy atom. The van der Waals surface area contributed by atoms with Gasteiger partial charge in [-0.05, 0) is 13.0 Å². The van der Waals surface area contributed by atoms with E-state index in [9.17, 15) is 0 Å². The van der Waals surface area contributed by atoms with Crippen molar-refractivity contribution >= 4 is 0 Å². The van der Waals surface area contributed by atoms with Gasteiger partial charge in [-0.25, -0.2) is 0 Å². The van der Waals surface area contributed by atoms with Crippen LogP contribution in [0.25, 0.3) is 11.4 Å². The summed E-state index contributed by atoms with van der Waals surface area (Å²) in [6, 6.07) is 1.94. The molecule has 5 nitrogen and oxygen atoms in total. The van der Waals surface area contributed by atoms with Crippen molar-refractivity contribution in [2.45, 2.75) is 20.0 Å². The number of aromatic nitrogens is 3. The molecule has 0 saturated carbocycles. The van der Waals surface area contributed by atoms with Crippen LogP contribution in [0.15, 0.2) is 16.7 Å². The third-order valence-electron chi connectivity index (χ3n) is 2.72. The van der Waals surface area contributed by atoms with Crippen LogP contribution in [0.3, 0.4) is 0 Å². The lowest BCUT2D eigenvalue weighted by atomic mass is 10.2. The number of nitrogens with zero attached hydrogens (tertiary/aromatic N) is 3. The molecule has 0 radical (unpaired) electrons. The largest absolute Gasteiger partial charge is 0.469 e. The standard InChI is InChI=1S/C10H12N4O/c1-7-8(2-5-15-7)10-13-12-9-6-11-3-4-14(9)10/h2,5,11H,3-4,6H2,1H3. The Morgan fingerprint density at radius 3 is 3.20 bits per heavy atom. The van der Waals surface area contributed by atoms with Crippen LogP contribution in [0, 0.1) is 6.92 Å². The Bertz CT molecular complexity index is 485. The molecule has 1 aliphatic heterocycles. The van der Waals surface area contributed by atoms with Gasteiger partial charge in [-0.1, -0.05) is 0 Å². The van der Waals surface area contributed by atoms with Gasteiger partial charge in [0.25, 0.3) is 0 Å². The summed E-state index contributed by atoms with van der Waals surface area (Å²) < 4.78 is 7.43. The fourth-order valence-corrected chi connectivity index (χ4v) is 1.91. The maximum atomic E-state index is 5.28. The minimum atomic E-state index is 0.796. The molecule has 0 spiro atoms. The highest BCUT2D eigenvalue weighted by Crippen LogP contribution is 2.23. The molecule has 78 valence electrons. The van der Waals surface area contributed by atoms with Crippen molar-refractivity contribution in [1.82, 2.24) is 20.1 Å². The minimum Gasteiger partial charge on any atom is -0.469 e. The lowest BCUT2D eigenvalue weighted by Gasteiger charge is -2.15. The Kier molecular flexibility index (Phi) is 1.85. The highest BCUT2D eigenvalue weighted by molar-refractivity contribution is 5.57. The summed E-state index contributed by atoms with van der Waals surface area (Å²) in [6.07, 6.45) is 1.69. The molecule has 0 saturated heterocycles. The van der Waals surface area contributed by atoms with Gasteiger partial charge in [0.15, 0.2) is 5.82 Å². The molecule has 1 aliphatic rings. The second-order valence-corrected chi connectivity index (χ2v) is 3.66. The third kappa shape index (κ3) is 1.27. The Hall–Kier alpha value is -1.62. The van der Waals surface area contributed by atoms with E-state index in [-0.39, 0.29) is 0 Å². The molecule has 0 fully saturated rings. The van der Waals surface area contributed by atoms with Crippen molar-refractivity contribution < 1.29 is 4.42 Å². The monoisotopic (exact) mass is 204 g/mol. The first-order valence-corrected chi connectivity index (χ1v) is 5.03. The Labute approximate surface area is 87.1 Å². The van der Waals surface area contributed by atoms with Gasteiger partial charge in [0.1, 0.15) is 11.6 Å².